The van der Waals surface area contributed by atoms with Crippen molar-refractivity contribution in [1.29, 1.82) is 0 Å². The molecule has 1 rings (SSSR count). The summed E-state index contributed by atoms with van der Waals surface area (Å²) in [7, 11) is 0. The molecule has 0 atom stereocenters. The van der Waals surface area contributed by atoms with Gasteiger partial charge < -0.3 is 20.4 Å². The van der Waals surface area contributed by atoms with Crippen LogP contribution in [0.5, 0.6) is 0 Å². The van der Waals surface area contributed by atoms with Crippen LogP contribution in [0.15, 0.2) is 12.5 Å². The van der Waals surface area contributed by atoms with Crippen molar-refractivity contribution in [2.75, 3.05) is 39.6 Å². The van der Waals surface area contributed by atoms with Crippen molar-refractivity contribution in [2.24, 2.45) is 0 Å². The Balaban J connectivity index is 0. The molecule has 0 bridgehead atoms. The van der Waals surface area contributed by atoms with Crippen LogP contribution in [0.1, 0.15) is 1.43 Å². The summed E-state index contributed by atoms with van der Waals surface area (Å²) in [6, 6.07) is 0. The maximum Gasteiger partial charge on any atom is 1.00 e. The van der Waals surface area contributed by atoms with Crippen LogP contribution >= 0.6 is 0 Å². The van der Waals surface area contributed by atoms with E-state index in [2.05, 4.69) is 0 Å². The van der Waals surface area contributed by atoms with Gasteiger partial charge in [-0.3, -0.25) is 0 Å². The summed E-state index contributed by atoms with van der Waals surface area (Å²) < 4.78 is 20.4. The number of hydrogen-bond acceptors (Lipinski definition) is 4. The first-order valence-corrected chi connectivity index (χ1v) is 4.04. The smallest absolute Gasteiger partial charge is 1.00 e. The number of hydrogen-bond donors (Lipinski definition) is 0. The van der Waals surface area contributed by atoms with Gasteiger partial charge in [-0.1, -0.05) is 0 Å². The van der Waals surface area contributed by atoms with Gasteiger partial charge >= 0.3 is 18.9 Å². The summed E-state index contributed by atoms with van der Waals surface area (Å²) in [4.78, 5) is 0. The van der Waals surface area contributed by atoms with E-state index in [4.69, 9.17) is 18.9 Å². The third kappa shape index (κ3) is 8.19. The Labute approximate surface area is 91.8 Å². The van der Waals surface area contributed by atoms with E-state index in [-0.39, 0.29) is 20.3 Å². The first-order valence-electron chi connectivity index (χ1n) is 4.04. The predicted molar refractivity (Wildman–Crippen MR) is 43.8 cm³/mol. The molecule has 0 saturated heterocycles. The third-order valence-electron chi connectivity index (χ3n) is 1.31. The topological polar surface area (TPSA) is 36.9 Å². The van der Waals surface area contributed by atoms with E-state index < -0.39 is 0 Å². The zero-order valence-corrected chi connectivity index (χ0v) is 8.03. The molecular weight excluding hydrogens is 167 g/mol. The van der Waals surface area contributed by atoms with Crippen LogP contribution in [0.4, 0.5) is 0 Å². The predicted octanol–water partition coefficient (Wildman–Crippen LogP) is -2.35. The molecule has 0 spiro atoms. The molecule has 13 heavy (non-hydrogen) atoms. The molecule has 4 nitrogen and oxygen atoms in total. The Hall–Kier alpha value is -0.143. The minimum absolute atomic E-state index is 0. The molecule has 0 aromatic rings. The molecule has 0 unspecified atom stereocenters. The molecule has 0 aliphatic carbocycles. The second kappa shape index (κ2) is 9.94. The van der Waals surface area contributed by atoms with Crippen molar-refractivity contribution in [3.05, 3.63) is 12.5 Å². The second-order valence-electron chi connectivity index (χ2n) is 2.24. The molecule has 0 aromatic heterocycles. The van der Waals surface area contributed by atoms with Gasteiger partial charge in [0.1, 0.15) is 25.7 Å². The monoisotopic (exact) mass is 182 g/mol. The Bertz CT molecular complexity index is 121. The molecule has 1 aliphatic rings. The van der Waals surface area contributed by atoms with Crippen LogP contribution in [-0.4, -0.2) is 39.6 Å². The standard InChI is InChI=1S/C8H14O4.Li.H/c1-2-10-5-6-12-8-7-11-4-3-9-1;;/h1-2H,3-8H2;;/q;+1;-1. The summed E-state index contributed by atoms with van der Waals surface area (Å²) in [5.41, 5.74) is 0. The average molecular weight is 182 g/mol. The molecule has 0 amide bonds. The van der Waals surface area contributed by atoms with Crippen LogP contribution < -0.4 is 18.9 Å². The van der Waals surface area contributed by atoms with Crippen molar-refractivity contribution >= 4 is 0 Å². The van der Waals surface area contributed by atoms with Crippen LogP contribution in [-0.2, 0) is 18.9 Å². The average Bonchev–Trinajstić information content (AvgIpc) is 2.05. The minimum atomic E-state index is 0. The maximum absolute atomic E-state index is 5.18. The van der Waals surface area contributed by atoms with Crippen LogP contribution in [0.25, 0.3) is 0 Å². The molecule has 0 radical (unpaired) electrons. The van der Waals surface area contributed by atoms with Crippen molar-refractivity contribution in [2.45, 2.75) is 0 Å². The molecule has 0 aromatic carbocycles. The Kier molecular flexibility index (Phi) is 9.83. The van der Waals surface area contributed by atoms with Crippen LogP contribution in [0.3, 0.4) is 0 Å². The summed E-state index contributed by atoms with van der Waals surface area (Å²) in [6.45, 7) is 3.53. The second-order valence-corrected chi connectivity index (χ2v) is 2.24. The summed E-state index contributed by atoms with van der Waals surface area (Å²) >= 11 is 0. The van der Waals surface area contributed by atoms with Gasteiger partial charge in [-0.05, 0) is 0 Å². The summed E-state index contributed by atoms with van der Waals surface area (Å²) in [6.07, 6.45) is 3.04. The van der Waals surface area contributed by atoms with E-state index in [0.717, 1.165) is 0 Å². The van der Waals surface area contributed by atoms with Gasteiger partial charge in [-0.15, -0.1) is 0 Å². The van der Waals surface area contributed by atoms with Gasteiger partial charge in [-0.2, -0.15) is 0 Å². The normalized spacial score (nSPS) is 19.7. The first kappa shape index (κ1) is 12.9. The van der Waals surface area contributed by atoms with E-state index in [1.54, 1.807) is 0 Å². The largest absolute Gasteiger partial charge is 1.00 e. The van der Waals surface area contributed by atoms with E-state index >= 15 is 0 Å². The van der Waals surface area contributed by atoms with E-state index in [1.165, 1.54) is 12.5 Å². The van der Waals surface area contributed by atoms with E-state index in [0.29, 0.717) is 39.6 Å². The first-order chi connectivity index (χ1) is 6.00. The molecule has 0 fully saturated rings. The van der Waals surface area contributed by atoms with Gasteiger partial charge in [0, 0.05) is 0 Å². The van der Waals surface area contributed by atoms with Gasteiger partial charge in [0.2, 0.25) is 0 Å². The Morgan fingerprint density at radius 1 is 0.692 bits per heavy atom. The quantitative estimate of drug-likeness (QED) is 0.393. The van der Waals surface area contributed by atoms with Crippen LogP contribution in [0, 0.1) is 0 Å². The fourth-order valence-electron chi connectivity index (χ4n) is 0.751. The molecule has 1 heterocycles. The van der Waals surface area contributed by atoms with Crippen molar-refractivity contribution < 1.29 is 39.2 Å². The van der Waals surface area contributed by atoms with Gasteiger partial charge in [0.15, 0.2) is 0 Å². The molecule has 0 N–H and O–H groups in total. The maximum atomic E-state index is 5.18. The summed E-state index contributed by atoms with van der Waals surface area (Å²) in [5, 5.41) is 0. The molecule has 1 aliphatic heterocycles. The third-order valence-corrected chi connectivity index (χ3v) is 1.31. The minimum Gasteiger partial charge on any atom is -1.00 e. The molecule has 72 valence electrons. The van der Waals surface area contributed by atoms with E-state index in [1.807, 2.05) is 0 Å². The SMILES string of the molecule is C1=COCCOCCOCCO1.[H-].[Li+]. The molecule has 5 heteroatoms. The zero-order valence-electron chi connectivity index (χ0n) is 9.03. The van der Waals surface area contributed by atoms with Crippen molar-refractivity contribution in [3.8, 4) is 0 Å². The molecule has 0 saturated carbocycles. The summed E-state index contributed by atoms with van der Waals surface area (Å²) in [5.74, 6) is 0. The Morgan fingerprint density at radius 2 is 1.08 bits per heavy atom. The van der Waals surface area contributed by atoms with Crippen molar-refractivity contribution in [1.82, 2.24) is 0 Å². The fraction of sp³-hybridized carbons (Fsp3) is 0.750. The van der Waals surface area contributed by atoms with Gasteiger partial charge in [0.25, 0.3) is 0 Å². The zero-order chi connectivity index (χ0) is 8.49. The fourth-order valence-corrected chi connectivity index (χ4v) is 0.751. The number of rotatable bonds is 0. The number of ether oxygens (including phenoxy) is 4. The van der Waals surface area contributed by atoms with Gasteiger partial charge in [-0.25, -0.2) is 0 Å². The van der Waals surface area contributed by atoms with Crippen LogP contribution in [0.2, 0.25) is 0 Å². The van der Waals surface area contributed by atoms with Crippen molar-refractivity contribution in [3.63, 3.8) is 0 Å². The Morgan fingerprint density at radius 3 is 1.54 bits per heavy atom. The van der Waals surface area contributed by atoms with Gasteiger partial charge in [0.05, 0.1) is 26.4 Å². The molecular formula is C8H15LiO4. The van der Waals surface area contributed by atoms with E-state index in [9.17, 15) is 0 Å².